The van der Waals surface area contributed by atoms with Crippen molar-refractivity contribution >= 4 is 34.5 Å². The van der Waals surface area contributed by atoms with Crippen LogP contribution in [-0.4, -0.2) is 0 Å². The number of nitrogens with two attached hydrogens (primary N) is 1. The number of thiophene rings is 1. The Kier molecular flexibility index (Phi) is 7.47. The summed E-state index contributed by atoms with van der Waals surface area (Å²) in [6.07, 6.45) is 7.30. The van der Waals surface area contributed by atoms with Crippen molar-refractivity contribution in [3.05, 3.63) is 20.3 Å². The second kappa shape index (κ2) is 8.33. The molecule has 0 aliphatic rings. The number of halogens is 2. The van der Waals surface area contributed by atoms with Gasteiger partial charge in [-0.3, -0.25) is 11.3 Å². The van der Waals surface area contributed by atoms with Crippen LogP contribution in [0.4, 0.5) is 0 Å². The fraction of sp³-hybridized carbons (Fsp3) is 0.667. The second-order valence-electron chi connectivity index (χ2n) is 4.20. The van der Waals surface area contributed by atoms with Crippen LogP contribution in [0.3, 0.4) is 0 Å². The summed E-state index contributed by atoms with van der Waals surface area (Å²) in [5.74, 6) is 5.58. The Morgan fingerprint density at radius 2 is 2.00 bits per heavy atom. The van der Waals surface area contributed by atoms with Gasteiger partial charge in [0.2, 0.25) is 0 Å². The largest absolute Gasteiger partial charge is 0.271 e. The zero-order chi connectivity index (χ0) is 12.7. The first-order valence-corrected chi connectivity index (χ1v) is 7.67. The van der Waals surface area contributed by atoms with E-state index in [0.717, 1.165) is 20.7 Å². The van der Waals surface area contributed by atoms with Crippen LogP contribution in [0.25, 0.3) is 0 Å². The van der Waals surface area contributed by atoms with Crippen LogP contribution in [-0.2, 0) is 0 Å². The molecule has 0 saturated heterocycles. The summed E-state index contributed by atoms with van der Waals surface area (Å²) < 4.78 is 1.46. The van der Waals surface area contributed by atoms with Crippen molar-refractivity contribution in [3.8, 4) is 0 Å². The summed E-state index contributed by atoms with van der Waals surface area (Å²) in [7, 11) is 0. The van der Waals surface area contributed by atoms with Crippen LogP contribution in [0, 0.1) is 0 Å². The highest BCUT2D eigenvalue weighted by Gasteiger charge is 2.15. The van der Waals surface area contributed by atoms with Gasteiger partial charge in [0.15, 0.2) is 0 Å². The van der Waals surface area contributed by atoms with Crippen molar-refractivity contribution < 1.29 is 0 Å². The van der Waals surface area contributed by atoms with Crippen LogP contribution in [0.2, 0.25) is 8.67 Å². The maximum Gasteiger partial charge on any atom is 0.0992 e. The average molecular weight is 295 g/mol. The minimum Gasteiger partial charge on any atom is -0.271 e. The van der Waals surface area contributed by atoms with E-state index in [-0.39, 0.29) is 6.04 Å². The van der Waals surface area contributed by atoms with Crippen molar-refractivity contribution in [2.75, 3.05) is 0 Å². The van der Waals surface area contributed by atoms with E-state index in [1.807, 2.05) is 6.07 Å². The molecule has 98 valence electrons. The number of unbranched alkanes of at least 4 members (excludes halogenated alkanes) is 4. The van der Waals surface area contributed by atoms with Gasteiger partial charge in [-0.1, -0.05) is 62.2 Å². The summed E-state index contributed by atoms with van der Waals surface area (Å²) >= 11 is 13.4. The Morgan fingerprint density at radius 3 is 2.53 bits per heavy atom. The Bertz CT molecular complexity index is 328. The lowest BCUT2D eigenvalue weighted by Crippen LogP contribution is -2.27. The summed E-state index contributed by atoms with van der Waals surface area (Å²) in [4.78, 5) is 0. The molecule has 0 saturated carbocycles. The van der Waals surface area contributed by atoms with Crippen molar-refractivity contribution in [2.24, 2.45) is 5.84 Å². The lowest BCUT2D eigenvalue weighted by Gasteiger charge is -2.15. The standard InChI is InChI=1S/C12H20Cl2N2S/c1-2-3-4-5-6-7-10(16-15)9-8-11(13)17-12(9)14/h8,10,16H,2-7,15H2,1H3. The molecule has 1 rings (SSSR count). The van der Waals surface area contributed by atoms with E-state index in [1.54, 1.807) is 0 Å². The number of hydrogen-bond donors (Lipinski definition) is 2. The Hall–Kier alpha value is 0.200. The fourth-order valence-corrected chi connectivity index (χ4v) is 3.45. The van der Waals surface area contributed by atoms with Gasteiger partial charge >= 0.3 is 0 Å². The lowest BCUT2D eigenvalue weighted by atomic mass is 10.0. The normalized spacial score (nSPS) is 12.9. The molecule has 5 heteroatoms. The van der Waals surface area contributed by atoms with Crippen LogP contribution in [0.5, 0.6) is 0 Å². The van der Waals surface area contributed by atoms with Gasteiger partial charge in [0.05, 0.1) is 8.67 Å². The van der Waals surface area contributed by atoms with Crippen molar-refractivity contribution in [2.45, 2.75) is 51.5 Å². The van der Waals surface area contributed by atoms with E-state index in [1.165, 1.54) is 43.4 Å². The molecule has 0 bridgehead atoms. The van der Waals surface area contributed by atoms with E-state index in [9.17, 15) is 0 Å². The monoisotopic (exact) mass is 294 g/mol. The van der Waals surface area contributed by atoms with Crippen molar-refractivity contribution in [1.29, 1.82) is 0 Å². The third kappa shape index (κ3) is 5.14. The number of hydrazine groups is 1. The molecule has 0 aliphatic carbocycles. The molecule has 1 unspecified atom stereocenters. The molecule has 0 radical (unpaired) electrons. The number of hydrogen-bond acceptors (Lipinski definition) is 3. The minimum atomic E-state index is 0.118. The molecule has 0 amide bonds. The highest BCUT2D eigenvalue weighted by atomic mass is 35.5. The quantitative estimate of drug-likeness (QED) is 0.406. The third-order valence-corrected chi connectivity index (χ3v) is 4.37. The van der Waals surface area contributed by atoms with Crippen LogP contribution >= 0.6 is 34.5 Å². The zero-order valence-electron chi connectivity index (χ0n) is 10.1. The maximum absolute atomic E-state index is 6.12. The lowest BCUT2D eigenvalue weighted by molar-refractivity contribution is 0.480. The highest BCUT2D eigenvalue weighted by Crippen LogP contribution is 2.36. The van der Waals surface area contributed by atoms with E-state index in [4.69, 9.17) is 29.0 Å². The average Bonchev–Trinajstić information content (AvgIpc) is 2.63. The second-order valence-corrected chi connectivity index (χ2v) is 6.49. The summed E-state index contributed by atoms with van der Waals surface area (Å²) in [5, 5.41) is 0. The molecule has 2 nitrogen and oxygen atoms in total. The molecule has 0 aliphatic heterocycles. The van der Waals surface area contributed by atoms with Gasteiger partial charge < -0.3 is 0 Å². The SMILES string of the molecule is CCCCCCCC(NN)c1cc(Cl)sc1Cl. The van der Waals surface area contributed by atoms with Crippen LogP contribution in [0.1, 0.15) is 57.1 Å². The van der Waals surface area contributed by atoms with Crippen LogP contribution < -0.4 is 11.3 Å². The Morgan fingerprint density at radius 1 is 1.29 bits per heavy atom. The van der Waals surface area contributed by atoms with Gasteiger partial charge in [-0.2, -0.15) is 0 Å². The van der Waals surface area contributed by atoms with E-state index < -0.39 is 0 Å². The first-order valence-electron chi connectivity index (χ1n) is 6.09. The van der Waals surface area contributed by atoms with E-state index in [0.29, 0.717) is 0 Å². The predicted octanol–water partition coefficient (Wildman–Crippen LogP) is 4.92. The van der Waals surface area contributed by atoms with Gasteiger partial charge in [0.25, 0.3) is 0 Å². The third-order valence-electron chi connectivity index (χ3n) is 2.86. The fourth-order valence-electron chi connectivity index (χ4n) is 1.87. The summed E-state index contributed by atoms with van der Waals surface area (Å²) in [6.45, 7) is 2.22. The van der Waals surface area contributed by atoms with E-state index in [2.05, 4.69) is 12.3 Å². The van der Waals surface area contributed by atoms with Crippen LogP contribution in [0.15, 0.2) is 6.07 Å². The molecule has 1 heterocycles. The maximum atomic E-state index is 6.12. The zero-order valence-corrected chi connectivity index (χ0v) is 12.5. The number of nitrogens with one attached hydrogen (secondary N) is 1. The first-order chi connectivity index (χ1) is 8.19. The van der Waals surface area contributed by atoms with Crippen molar-refractivity contribution in [3.63, 3.8) is 0 Å². The predicted molar refractivity (Wildman–Crippen MR) is 77.8 cm³/mol. The molecule has 1 atom stereocenters. The topological polar surface area (TPSA) is 38.0 Å². The molecule has 1 aromatic rings. The molecule has 0 fully saturated rings. The van der Waals surface area contributed by atoms with Gasteiger partial charge in [-0.15, -0.1) is 11.3 Å². The van der Waals surface area contributed by atoms with Gasteiger partial charge in [-0.05, 0) is 12.5 Å². The van der Waals surface area contributed by atoms with Gasteiger partial charge in [0, 0.05) is 11.6 Å². The first kappa shape index (κ1) is 15.3. The Labute approximate surface area is 117 Å². The molecular weight excluding hydrogens is 275 g/mol. The molecule has 0 spiro atoms. The van der Waals surface area contributed by atoms with Gasteiger partial charge in [0.1, 0.15) is 0 Å². The summed E-state index contributed by atoms with van der Waals surface area (Å²) in [6, 6.07) is 2.03. The summed E-state index contributed by atoms with van der Waals surface area (Å²) in [5.41, 5.74) is 3.85. The molecule has 0 aromatic carbocycles. The van der Waals surface area contributed by atoms with Gasteiger partial charge in [-0.25, -0.2) is 0 Å². The minimum absolute atomic E-state index is 0.118. The number of rotatable bonds is 8. The molecule has 17 heavy (non-hydrogen) atoms. The molecular formula is C12H20Cl2N2S. The van der Waals surface area contributed by atoms with Crippen molar-refractivity contribution in [1.82, 2.24) is 5.43 Å². The molecule has 3 N–H and O–H groups in total. The Balaban J connectivity index is 2.40. The highest BCUT2D eigenvalue weighted by molar-refractivity contribution is 7.20. The van der Waals surface area contributed by atoms with E-state index >= 15 is 0 Å². The smallest absolute Gasteiger partial charge is 0.0992 e. The molecule has 1 aromatic heterocycles.